The second kappa shape index (κ2) is 8.13. The van der Waals surface area contributed by atoms with Crippen molar-refractivity contribution in [1.82, 2.24) is 4.90 Å². The molecule has 3 rings (SSSR count). The van der Waals surface area contributed by atoms with E-state index in [2.05, 4.69) is 26.0 Å². The van der Waals surface area contributed by atoms with E-state index < -0.39 is 0 Å². The van der Waals surface area contributed by atoms with E-state index in [1.54, 1.807) is 0 Å². The van der Waals surface area contributed by atoms with Gasteiger partial charge in [0.05, 0.1) is 13.2 Å². The van der Waals surface area contributed by atoms with Crippen LogP contribution in [0.3, 0.4) is 0 Å². The summed E-state index contributed by atoms with van der Waals surface area (Å²) in [5, 5.41) is 0. The molecule has 4 nitrogen and oxygen atoms in total. The lowest BCUT2D eigenvalue weighted by molar-refractivity contribution is -0.144. The summed E-state index contributed by atoms with van der Waals surface area (Å²) in [5.41, 5.74) is 1.24. The van der Waals surface area contributed by atoms with Gasteiger partial charge in [0.25, 0.3) is 0 Å². The van der Waals surface area contributed by atoms with E-state index in [1.807, 2.05) is 23.1 Å². The Balaban J connectivity index is 1.65. The number of hydrogen-bond acceptors (Lipinski definition) is 3. The summed E-state index contributed by atoms with van der Waals surface area (Å²) in [4.78, 5) is 15.2. The Morgan fingerprint density at radius 1 is 1.21 bits per heavy atom. The third-order valence-corrected chi connectivity index (χ3v) is 5.22. The van der Waals surface area contributed by atoms with Gasteiger partial charge in [0.1, 0.15) is 0 Å². The fourth-order valence-electron chi connectivity index (χ4n) is 3.79. The smallest absolute Gasteiger partial charge is 0.226 e. The molecule has 1 amide bonds. The van der Waals surface area contributed by atoms with E-state index in [1.165, 1.54) is 5.56 Å². The first-order chi connectivity index (χ1) is 11.6. The molecule has 0 aromatic heterocycles. The standard InChI is InChI=1S/C20H29NO3/c1-15(2)18(13-16-7-4-3-5-8-16)19(22)21-10-6-9-17(14-21)20-23-11-12-24-20/h3-5,7-8,15,17-18,20H,6,9-14H2,1-2H3/t17-,18+/m1/s1. The molecule has 2 atom stereocenters. The first-order valence-electron chi connectivity index (χ1n) is 9.21. The molecule has 1 aromatic rings. The van der Waals surface area contributed by atoms with Gasteiger partial charge < -0.3 is 14.4 Å². The minimum Gasteiger partial charge on any atom is -0.350 e. The molecule has 2 aliphatic heterocycles. The van der Waals surface area contributed by atoms with Gasteiger partial charge >= 0.3 is 0 Å². The van der Waals surface area contributed by atoms with E-state index in [9.17, 15) is 4.79 Å². The van der Waals surface area contributed by atoms with Gasteiger partial charge in [-0.2, -0.15) is 0 Å². The van der Waals surface area contributed by atoms with Gasteiger partial charge in [-0.1, -0.05) is 44.2 Å². The van der Waals surface area contributed by atoms with Gasteiger partial charge in [-0.15, -0.1) is 0 Å². The molecule has 0 N–H and O–H groups in total. The molecule has 0 bridgehead atoms. The third kappa shape index (κ3) is 4.17. The van der Waals surface area contributed by atoms with Crippen LogP contribution in [0.15, 0.2) is 30.3 Å². The Kier molecular flexibility index (Phi) is 5.90. The zero-order chi connectivity index (χ0) is 16.9. The fourth-order valence-corrected chi connectivity index (χ4v) is 3.79. The number of amides is 1. The van der Waals surface area contributed by atoms with Crippen molar-refractivity contribution in [3.05, 3.63) is 35.9 Å². The summed E-state index contributed by atoms with van der Waals surface area (Å²) in [7, 11) is 0. The quantitative estimate of drug-likeness (QED) is 0.832. The third-order valence-electron chi connectivity index (χ3n) is 5.22. The van der Waals surface area contributed by atoms with Crippen molar-refractivity contribution in [2.45, 2.75) is 39.4 Å². The highest BCUT2D eigenvalue weighted by atomic mass is 16.7. The number of carbonyl (C=O) groups is 1. The molecular formula is C20H29NO3. The molecule has 1 aromatic carbocycles. The van der Waals surface area contributed by atoms with Gasteiger partial charge in [0, 0.05) is 24.9 Å². The highest BCUT2D eigenvalue weighted by Gasteiger charge is 2.35. The van der Waals surface area contributed by atoms with Crippen molar-refractivity contribution in [1.29, 1.82) is 0 Å². The molecule has 0 saturated carbocycles. The van der Waals surface area contributed by atoms with Crippen LogP contribution in [0.25, 0.3) is 0 Å². The molecule has 2 aliphatic rings. The Morgan fingerprint density at radius 2 is 1.92 bits per heavy atom. The minimum atomic E-state index is -0.118. The topological polar surface area (TPSA) is 38.8 Å². The molecule has 24 heavy (non-hydrogen) atoms. The van der Waals surface area contributed by atoms with Crippen LogP contribution in [0.2, 0.25) is 0 Å². The van der Waals surface area contributed by atoms with Crippen LogP contribution < -0.4 is 0 Å². The Labute approximate surface area is 145 Å². The summed E-state index contributed by atoms with van der Waals surface area (Å²) in [6.07, 6.45) is 2.82. The number of likely N-dealkylation sites (tertiary alicyclic amines) is 1. The van der Waals surface area contributed by atoms with Crippen molar-refractivity contribution in [2.75, 3.05) is 26.3 Å². The zero-order valence-electron chi connectivity index (χ0n) is 14.8. The minimum absolute atomic E-state index is 0.0385. The molecule has 2 saturated heterocycles. The predicted molar refractivity (Wildman–Crippen MR) is 93.5 cm³/mol. The second-order valence-electron chi connectivity index (χ2n) is 7.34. The number of ether oxygens (including phenoxy) is 2. The lowest BCUT2D eigenvalue weighted by Crippen LogP contribution is -2.47. The number of carbonyl (C=O) groups excluding carboxylic acids is 1. The van der Waals surface area contributed by atoms with Crippen molar-refractivity contribution < 1.29 is 14.3 Å². The monoisotopic (exact) mass is 331 g/mol. The van der Waals surface area contributed by atoms with Crippen LogP contribution in [-0.2, 0) is 20.7 Å². The summed E-state index contributed by atoms with van der Waals surface area (Å²) >= 11 is 0. The Hall–Kier alpha value is -1.39. The summed E-state index contributed by atoms with van der Waals surface area (Å²) in [6.45, 7) is 7.28. The number of piperidine rings is 1. The maximum absolute atomic E-state index is 13.1. The zero-order valence-corrected chi connectivity index (χ0v) is 14.8. The van der Waals surface area contributed by atoms with E-state index in [0.717, 1.165) is 32.4 Å². The van der Waals surface area contributed by atoms with Crippen molar-refractivity contribution >= 4 is 5.91 Å². The van der Waals surface area contributed by atoms with Gasteiger partial charge in [0.2, 0.25) is 5.91 Å². The van der Waals surface area contributed by atoms with Crippen LogP contribution in [-0.4, -0.2) is 43.4 Å². The van der Waals surface area contributed by atoms with E-state index >= 15 is 0 Å². The second-order valence-corrected chi connectivity index (χ2v) is 7.34. The summed E-state index contributed by atoms with van der Waals surface area (Å²) in [6, 6.07) is 10.3. The van der Waals surface area contributed by atoms with Crippen molar-refractivity contribution in [3.63, 3.8) is 0 Å². The lowest BCUT2D eigenvalue weighted by Gasteiger charge is -2.37. The van der Waals surface area contributed by atoms with E-state index in [-0.39, 0.29) is 18.1 Å². The fraction of sp³-hybridized carbons (Fsp3) is 0.650. The van der Waals surface area contributed by atoms with Gasteiger partial charge in [-0.05, 0) is 30.7 Å². The average molecular weight is 331 g/mol. The number of rotatable bonds is 5. The van der Waals surface area contributed by atoms with Crippen LogP contribution in [0.5, 0.6) is 0 Å². The Bertz CT molecular complexity index is 525. The van der Waals surface area contributed by atoms with Crippen LogP contribution in [0.4, 0.5) is 0 Å². The molecule has 0 spiro atoms. The number of hydrogen-bond donors (Lipinski definition) is 0. The molecule has 132 valence electrons. The van der Waals surface area contributed by atoms with E-state index in [0.29, 0.717) is 25.0 Å². The van der Waals surface area contributed by atoms with Gasteiger partial charge in [0.15, 0.2) is 6.29 Å². The summed E-state index contributed by atoms with van der Waals surface area (Å²) < 4.78 is 11.3. The van der Waals surface area contributed by atoms with E-state index in [4.69, 9.17) is 9.47 Å². The highest BCUT2D eigenvalue weighted by Crippen LogP contribution is 2.28. The Morgan fingerprint density at radius 3 is 2.58 bits per heavy atom. The normalized spacial score (nSPS) is 23.6. The maximum atomic E-state index is 13.1. The van der Waals surface area contributed by atoms with Gasteiger partial charge in [-0.25, -0.2) is 0 Å². The number of nitrogens with zero attached hydrogens (tertiary/aromatic N) is 1. The van der Waals surface area contributed by atoms with Crippen LogP contribution >= 0.6 is 0 Å². The van der Waals surface area contributed by atoms with Crippen LogP contribution in [0, 0.1) is 17.8 Å². The van der Waals surface area contributed by atoms with Crippen LogP contribution in [0.1, 0.15) is 32.3 Å². The molecule has 2 heterocycles. The molecule has 0 radical (unpaired) electrons. The summed E-state index contributed by atoms with van der Waals surface area (Å²) in [5.74, 6) is 0.972. The highest BCUT2D eigenvalue weighted by molar-refractivity contribution is 5.79. The molecular weight excluding hydrogens is 302 g/mol. The average Bonchev–Trinajstić information content (AvgIpc) is 3.14. The van der Waals surface area contributed by atoms with Gasteiger partial charge in [-0.3, -0.25) is 4.79 Å². The molecule has 0 unspecified atom stereocenters. The SMILES string of the molecule is CC(C)[C@H](Cc1ccccc1)C(=O)N1CCC[C@@H](C2OCCO2)C1. The largest absolute Gasteiger partial charge is 0.350 e. The molecule has 2 fully saturated rings. The number of benzene rings is 1. The van der Waals surface area contributed by atoms with Crippen molar-refractivity contribution in [3.8, 4) is 0 Å². The lowest BCUT2D eigenvalue weighted by atomic mass is 9.86. The molecule has 0 aliphatic carbocycles. The maximum Gasteiger partial charge on any atom is 0.226 e. The first kappa shape index (κ1) is 17.4. The molecule has 4 heteroatoms. The van der Waals surface area contributed by atoms with Crippen molar-refractivity contribution in [2.24, 2.45) is 17.8 Å². The predicted octanol–water partition coefficient (Wildman–Crippen LogP) is 3.11. The first-order valence-corrected chi connectivity index (χ1v) is 9.21.